The van der Waals surface area contributed by atoms with Gasteiger partial charge < -0.3 is 9.88 Å². The van der Waals surface area contributed by atoms with Crippen molar-refractivity contribution >= 4 is 27.7 Å². The average molecular weight is 388 g/mol. The first-order valence-corrected chi connectivity index (χ1v) is 9.84. The zero-order valence-corrected chi connectivity index (χ0v) is 16.6. The molecule has 0 saturated carbocycles. The van der Waals surface area contributed by atoms with E-state index in [1.165, 1.54) is 10.2 Å². The first-order chi connectivity index (χ1) is 14.1. The van der Waals surface area contributed by atoms with Crippen LogP contribution in [0.25, 0.3) is 21.8 Å². The van der Waals surface area contributed by atoms with E-state index in [1.54, 1.807) is 13.2 Å². The topological polar surface area (TPSA) is 68.9 Å². The number of hydrogen-bond donors (Lipinski definition) is 1. The highest BCUT2D eigenvalue weighted by atomic mass is 16.2. The number of rotatable bonds is 6. The molecule has 4 rings (SSSR count). The smallest absolute Gasteiger partial charge is 0.291 e. The van der Waals surface area contributed by atoms with Crippen molar-refractivity contribution < 1.29 is 4.79 Å². The second kappa shape index (κ2) is 7.91. The van der Waals surface area contributed by atoms with Crippen LogP contribution in [0.5, 0.6) is 0 Å². The van der Waals surface area contributed by atoms with Crippen LogP contribution >= 0.6 is 0 Å². The van der Waals surface area contributed by atoms with Gasteiger partial charge in [0.05, 0.1) is 11.7 Å². The van der Waals surface area contributed by atoms with Gasteiger partial charge in [-0.05, 0) is 31.4 Å². The van der Waals surface area contributed by atoms with E-state index in [0.29, 0.717) is 12.1 Å². The number of benzene rings is 2. The Morgan fingerprint density at radius 3 is 2.59 bits per heavy atom. The lowest BCUT2D eigenvalue weighted by atomic mass is 10.1. The predicted molar refractivity (Wildman–Crippen MR) is 115 cm³/mol. The molecule has 6 nitrogen and oxygen atoms in total. The molecule has 0 fully saturated rings. The fourth-order valence-corrected chi connectivity index (χ4v) is 3.80. The van der Waals surface area contributed by atoms with Crippen molar-refractivity contribution in [1.29, 1.82) is 0 Å². The molecule has 0 bridgehead atoms. The molecule has 0 saturated heterocycles. The molecule has 0 spiro atoms. The molecule has 148 valence electrons. The number of nitrogens with zero attached hydrogens (tertiary/aromatic N) is 3. The summed E-state index contributed by atoms with van der Waals surface area (Å²) in [7, 11) is 1.62. The summed E-state index contributed by atoms with van der Waals surface area (Å²) in [5.41, 5.74) is 2.42. The zero-order chi connectivity index (χ0) is 20.4. The lowest BCUT2D eigenvalue weighted by Crippen LogP contribution is -2.33. The maximum Gasteiger partial charge on any atom is 0.291 e. The summed E-state index contributed by atoms with van der Waals surface area (Å²) in [6.45, 7) is 2.42. The van der Waals surface area contributed by atoms with Gasteiger partial charge in [-0.15, -0.1) is 0 Å². The molecule has 29 heavy (non-hydrogen) atoms. The Bertz CT molecular complexity index is 1220. The van der Waals surface area contributed by atoms with Crippen molar-refractivity contribution in [2.45, 2.75) is 25.8 Å². The summed E-state index contributed by atoms with van der Waals surface area (Å²) in [5, 5.41) is 8.87. The molecule has 0 aliphatic rings. The SMILES string of the molecule is C[C@@H](C(=O)NCCCc1ccccc1)n1c2ccccc2c2cnn(C)c(=O)c21. The van der Waals surface area contributed by atoms with Crippen LogP contribution in [0.2, 0.25) is 0 Å². The van der Waals surface area contributed by atoms with E-state index in [1.807, 2.05) is 54.0 Å². The van der Waals surface area contributed by atoms with E-state index >= 15 is 0 Å². The summed E-state index contributed by atoms with van der Waals surface area (Å²) < 4.78 is 3.14. The van der Waals surface area contributed by atoms with Crippen molar-refractivity contribution in [2.75, 3.05) is 6.54 Å². The molecule has 2 aromatic carbocycles. The van der Waals surface area contributed by atoms with E-state index in [2.05, 4.69) is 22.5 Å². The van der Waals surface area contributed by atoms with Crippen LogP contribution in [-0.2, 0) is 18.3 Å². The Labute approximate surface area is 168 Å². The van der Waals surface area contributed by atoms with Crippen molar-refractivity contribution in [3.05, 3.63) is 76.7 Å². The van der Waals surface area contributed by atoms with Crippen molar-refractivity contribution in [2.24, 2.45) is 7.05 Å². The molecule has 4 aromatic rings. The Morgan fingerprint density at radius 1 is 1.07 bits per heavy atom. The van der Waals surface area contributed by atoms with Crippen LogP contribution in [0.15, 0.2) is 65.6 Å². The van der Waals surface area contributed by atoms with Gasteiger partial charge in [-0.2, -0.15) is 5.10 Å². The third-order valence-corrected chi connectivity index (χ3v) is 5.36. The average Bonchev–Trinajstić information content (AvgIpc) is 3.09. The maximum absolute atomic E-state index is 12.9. The number of fused-ring (bicyclic) bond motifs is 3. The van der Waals surface area contributed by atoms with Crippen LogP contribution in [0.3, 0.4) is 0 Å². The monoisotopic (exact) mass is 388 g/mol. The van der Waals surface area contributed by atoms with Crippen molar-refractivity contribution in [1.82, 2.24) is 19.7 Å². The first kappa shape index (κ1) is 18.9. The van der Waals surface area contributed by atoms with Gasteiger partial charge in [-0.25, -0.2) is 4.68 Å². The lowest BCUT2D eigenvalue weighted by Gasteiger charge is -2.16. The largest absolute Gasteiger partial charge is 0.354 e. The minimum atomic E-state index is -0.510. The number of aromatic nitrogens is 3. The normalized spacial score (nSPS) is 12.3. The minimum absolute atomic E-state index is 0.0976. The van der Waals surface area contributed by atoms with Crippen LogP contribution < -0.4 is 10.9 Å². The molecule has 1 atom stereocenters. The van der Waals surface area contributed by atoms with Crippen LogP contribution in [0.1, 0.15) is 24.9 Å². The van der Waals surface area contributed by atoms with Crippen LogP contribution in [-0.4, -0.2) is 26.8 Å². The van der Waals surface area contributed by atoms with Gasteiger partial charge in [0.15, 0.2) is 0 Å². The Balaban J connectivity index is 1.59. The summed E-state index contributed by atoms with van der Waals surface area (Å²) in [5.74, 6) is -0.0976. The van der Waals surface area contributed by atoms with E-state index in [4.69, 9.17) is 0 Å². The number of carbonyl (C=O) groups is 1. The Hall–Kier alpha value is -3.41. The van der Waals surface area contributed by atoms with Gasteiger partial charge in [-0.1, -0.05) is 48.5 Å². The third kappa shape index (κ3) is 3.53. The zero-order valence-electron chi connectivity index (χ0n) is 16.6. The van der Waals surface area contributed by atoms with E-state index in [9.17, 15) is 9.59 Å². The fraction of sp³-hybridized carbons (Fsp3) is 0.261. The molecular weight excluding hydrogens is 364 g/mol. The highest BCUT2D eigenvalue weighted by Gasteiger charge is 2.22. The highest BCUT2D eigenvalue weighted by molar-refractivity contribution is 6.08. The Kier molecular flexibility index (Phi) is 5.16. The number of para-hydroxylation sites is 1. The fourth-order valence-electron chi connectivity index (χ4n) is 3.80. The molecule has 0 aliphatic carbocycles. The van der Waals surface area contributed by atoms with Gasteiger partial charge in [0.1, 0.15) is 11.6 Å². The number of carbonyl (C=O) groups excluding carboxylic acids is 1. The maximum atomic E-state index is 12.9. The van der Waals surface area contributed by atoms with Gasteiger partial charge in [0.2, 0.25) is 5.91 Å². The Morgan fingerprint density at radius 2 is 1.79 bits per heavy atom. The van der Waals surface area contributed by atoms with Gasteiger partial charge in [0, 0.05) is 24.4 Å². The predicted octanol–water partition coefficient (Wildman–Crippen LogP) is 3.20. The quantitative estimate of drug-likeness (QED) is 0.516. The number of nitrogens with one attached hydrogen (secondary N) is 1. The second-order valence-corrected chi connectivity index (χ2v) is 7.28. The number of hydrogen-bond acceptors (Lipinski definition) is 3. The molecule has 0 radical (unpaired) electrons. The minimum Gasteiger partial charge on any atom is -0.354 e. The molecule has 2 heterocycles. The summed E-state index contributed by atoms with van der Waals surface area (Å²) >= 11 is 0. The van der Waals surface area contributed by atoms with E-state index in [-0.39, 0.29) is 11.5 Å². The van der Waals surface area contributed by atoms with Crippen molar-refractivity contribution in [3.8, 4) is 0 Å². The highest BCUT2D eigenvalue weighted by Crippen LogP contribution is 2.29. The van der Waals surface area contributed by atoms with Crippen LogP contribution in [0.4, 0.5) is 0 Å². The number of amides is 1. The standard InChI is InChI=1S/C23H24N4O2/c1-16(22(28)24-14-8-11-17-9-4-3-5-10-17)27-20-13-7-6-12-18(20)19-15-25-26(2)23(29)21(19)27/h3-7,9-10,12-13,15-16H,8,11,14H2,1-2H3,(H,24,28)/t16-/m0/s1. The molecule has 0 aliphatic heterocycles. The molecule has 1 amide bonds. The first-order valence-electron chi connectivity index (χ1n) is 9.84. The molecule has 1 N–H and O–H groups in total. The lowest BCUT2D eigenvalue weighted by molar-refractivity contribution is -0.123. The summed E-state index contributed by atoms with van der Waals surface area (Å²) in [4.78, 5) is 25.7. The van der Waals surface area contributed by atoms with E-state index in [0.717, 1.165) is 29.1 Å². The molecule has 6 heteroatoms. The van der Waals surface area contributed by atoms with Gasteiger partial charge in [-0.3, -0.25) is 9.59 Å². The summed E-state index contributed by atoms with van der Waals surface area (Å²) in [6, 6.07) is 17.5. The number of aryl methyl sites for hydroxylation is 2. The molecule has 2 aromatic heterocycles. The van der Waals surface area contributed by atoms with Gasteiger partial charge >= 0.3 is 0 Å². The molecular formula is C23H24N4O2. The van der Waals surface area contributed by atoms with Gasteiger partial charge in [0.25, 0.3) is 5.56 Å². The molecule has 0 unspecified atom stereocenters. The second-order valence-electron chi connectivity index (χ2n) is 7.28. The van der Waals surface area contributed by atoms with E-state index < -0.39 is 6.04 Å². The van der Waals surface area contributed by atoms with Crippen molar-refractivity contribution in [3.63, 3.8) is 0 Å². The summed E-state index contributed by atoms with van der Waals surface area (Å²) in [6.07, 6.45) is 3.47. The third-order valence-electron chi connectivity index (χ3n) is 5.36. The van der Waals surface area contributed by atoms with Crippen LogP contribution in [0, 0.1) is 0 Å².